The van der Waals surface area contributed by atoms with Crippen molar-refractivity contribution in [2.45, 2.75) is 24.6 Å². The highest BCUT2D eigenvalue weighted by atomic mass is 32.2. The second kappa shape index (κ2) is 8.00. The average molecular weight is 439 g/mol. The quantitative estimate of drug-likeness (QED) is 0.451. The van der Waals surface area contributed by atoms with Crippen LogP contribution >= 0.6 is 22.7 Å². The van der Waals surface area contributed by atoms with E-state index >= 15 is 0 Å². The zero-order valence-electron chi connectivity index (χ0n) is 15.2. The number of rotatable bonds is 7. The summed E-state index contributed by atoms with van der Waals surface area (Å²) in [6.45, 7) is 4.02. The van der Waals surface area contributed by atoms with Gasteiger partial charge in [0.05, 0.1) is 12.1 Å². The number of aryl methyl sites for hydroxylation is 1. The summed E-state index contributed by atoms with van der Waals surface area (Å²) < 4.78 is 29.5. The van der Waals surface area contributed by atoms with Crippen molar-refractivity contribution in [3.05, 3.63) is 62.4 Å². The zero-order chi connectivity index (χ0) is 20.5. The van der Waals surface area contributed by atoms with E-state index in [1.54, 1.807) is 17.4 Å². The summed E-state index contributed by atoms with van der Waals surface area (Å²) in [5.41, 5.74) is 2.29. The average Bonchev–Trinajstić information content (AvgIpc) is 3.36. The van der Waals surface area contributed by atoms with Crippen molar-refractivity contribution >= 4 is 44.4 Å². The standard InChI is InChI=1S/C18H18N2O5S3/c1-11-6-15(12(2)20(11)8-14-4-3-5-26-14)16(21)9-25-18(22)13-7-17(27-10-13)28(19,23)24/h3-7,10H,8-9H2,1-2H3,(H2,19,23,24). The van der Waals surface area contributed by atoms with Crippen molar-refractivity contribution in [1.29, 1.82) is 0 Å². The number of nitrogens with two attached hydrogens (primary N) is 1. The molecule has 3 rings (SSSR count). The molecule has 0 bridgehead atoms. The Labute approximate surface area is 170 Å². The van der Waals surface area contributed by atoms with Crippen LogP contribution in [0.3, 0.4) is 0 Å². The fourth-order valence-electron chi connectivity index (χ4n) is 2.75. The van der Waals surface area contributed by atoms with E-state index in [1.165, 1.54) is 10.3 Å². The van der Waals surface area contributed by atoms with Crippen LogP contribution in [0.5, 0.6) is 0 Å². The monoisotopic (exact) mass is 438 g/mol. The third kappa shape index (κ3) is 4.41. The van der Waals surface area contributed by atoms with Gasteiger partial charge in [-0.15, -0.1) is 22.7 Å². The van der Waals surface area contributed by atoms with Crippen LogP contribution in [-0.4, -0.2) is 31.3 Å². The first-order valence-corrected chi connectivity index (χ1v) is 11.5. The number of nitrogens with zero attached hydrogens (tertiary/aromatic N) is 1. The lowest BCUT2D eigenvalue weighted by molar-refractivity contribution is 0.0475. The minimum absolute atomic E-state index is 0.0463. The van der Waals surface area contributed by atoms with Gasteiger partial charge in [-0.2, -0.15) is 0 Å². The van der Waals surface area contributed by atoms with Gasteiger partial charge in [0.1, 0.15) is 4.21 Å². The van der Waals surface area contributed by atoms with Crippen LogP contribution in [0.25, 0.3) is 0 Å². The number of sulfonamides is 1. The lowest BCUT2D eigenvalue weighted by Crippen LogP contribution is -2.15. The van der Waals surface area contributed by atoms with Gasteiger partial charge < -0.3 is 9.30 Å². The van der Waals surface area contributed by atoms with Crippen LogP contribution in [0.15, 0.2) is 39.2 Å². The van der Waals surface area contributed by atoms with E-state index in [2.05, 4.69) is 0 Å². The van der Waals surface area contributed by atoms with E-state index in [4.69, 9.17) is 9.88 Å². The Hall–Kier alpha value is -2.27. The SMILES string of the molecule is Cc1cc(C(=O)COC(=O)c2csc(S(N)(=O)=O)c2)c(C)n1Cc1cccs1. The summed E-state index contributed by atoms with van der Waals surface area (Å²) in [5.74, 6) is -1.09. The Balaban J connectivity index is 1.68. The van der Waals surface area contributed by atoms with Crippen LogP contribution in [-0.2, 0) is 21.3 Å². The van der Waals surface area contributed by atoms with Crippen LogP contribution in [0.4, 0.5) is 0 Å². The van der Waals surface area contributed by atoms with Crippen molar-refractivity contribution in [1.82, 2.24) is 4.57 Å². The lowest BCUT2D eigenvalue weighted by atomic mass is 10.1. The lowest BCUT2D eigenvalue weighted by Gasteiger charge is -2.08. The number of hydrogen-bond donors (Lipinski definition) is 1. The van der Waals surface area contributed by atoms with Gasteiger partial charge in [0.25, 0.3) is 0 Å². The molecule has 0 fully saturated rings. The first kappa shape index (κ1) is 20.5. The van der Waals surface area contributed by atoms with Crippen LogP contribution < -0.4 is 5.14 Å². The molecule has 7 nitrogen and oxygen atoms in total. The van der Waals surface area contributed by atoms with Gasteiger partial charge in [-0.25, -0.2) is 18.4 Å². The summed E-state index contributed by atoms with van der Waals surface area (Å²) in [6, 6.07) is 6.93. The number of Topliss-reactive ketones (excluding diaryl/α,β-unsaturated/α-hetero) is 1. The highest BCUT2D eigenvalue weighted by molar-refractivity contribution is 7.91. The van der Waals surface area contributed by atoms with Crippen molar-refractivity contribution in [2.75, 3.05) is 6.61 Å². The minimum Gasteiger partial charge on any atom is -0.454 e. The van der Waals surface area contributed by atoms with E-state index in [-0.39, 0.29) is 15.6 Å². The third-order valence-electron chi connectivity index (χ3n) is 4.19. The van der Waals surface area contributed by atoms with Gasteiger partial charge >= 0.3 is 5.97 Å². The maximum absolute atomic E-state index is 12.5. The Bertz CT molecular complexity index is 1120. The Morgan fingerprint density at radius 1 is 1.21 bits per heavy atom. The molecule has 0 saturated carbocycles. The predicted octanol–water partition coefficient (Wildman–Crippen LogP) is 2.96. The number of hydrogen-bond acceptors (Lipinski definition) is 7. The fraction of sp³-hybridized carbons (Fsp3) is 0.222. The van der Waals surface area contributed by atoms with Crippen LogP contribution in [0, 0.1) is 13.8 Å². The van der Waals surface area contributed by atoms with Gasteiger partial charge in [-0.05, 0) is 37.4 Å². The number of ketones is 1. The van der Waals surface area contributed by atoms with Gasteiger partial charge in [-0.3, -0.25) is 4.79 Å². The van der Waals surface area contributed by atoms with E-state index in [0.717, 1.165) is 28.8 Å². The first-order valence-electron chi connectivity index (χ1n) is 8.17. The molecular formula is C18H18N2O5S3. The molecular weight excluding hydrogens is 420 g/mol. The maximum atomic E-state index is 12.5. The number of primary sulfonamides is 1. The first-order chi connectivity index (χ1) is 13.2. The molecule has 0 aliphatic carbocycles. The number of aromatic nitrogens is 1. The van der Waals surface area contributed by atoms with E-state index < -0.39 is 22.6 Å². The highest BCUT2D eigenvalue weighted by Gasteiger charge is 2.20. The van der Waals surface area contributed by atoms with E-state index in [0.29, 0.717) is 12.1 Å². The van der Waals surface area contributed by atoms with Gasteiger partial charge in [0, 0.05) is 27.2 Å². The molecule has 0 atom stereocenters. The van der Waals surface area contributed by atoms with Gasteiger partial charge in [0.15, 0.2) is 6.61 Å². The summed E-state index contributed by atoms with van der Waals surface area (Å²) in [6.07, 6.45) is 0. The summed E-state index contributed by atoms with van der Waals surface area (Å²) in [5, 5.41) is 8.36. The van der Waals surface area contributed by atoms with Crippen LogP contribution in [0.2, 0.25) is 0 Å². The van der Waals surface area contributed by atoms with Crippen LogP contribution in [0.1, 0.15) is 37.0 Å². The molecule has 148 valence electrons. The fourth-order valence-corrected chi connectivity index (χ4v) is 5.02. The molecule has 0 amide bonds. The molecule has 0 radical (unpaired) electrons. The molecule has 28 heavy (non-hydrogen) atoms. The summed E-state index contributed by atoms with van der Waals surface area (Å²) in [4.78, 5) is 25.8. The number of ether oxygens (including phenoxy) is 1. The molecule has 3 aromatic rings. The molecule has 0 aromatic carbocycles. The van der Waals surface area contributed by atoms with Crippen molar-refractivity contribution in [3.8, 4) is 0 Å². The molecule has 2 N–H and O–H groups in total. The molecule has 0 unspecified atom stereocenters. The molecule has 10 heteroatoms. The largest absolute Gasteiger partial charge is 0.454 e. The highest BCUT2D eigenvalue weighted by Crippen LogP contribution is 2.21. The Morgan fingerprint density at radius 2 is 1.96 bits per heavy atom. The summed E-state index contributed by atoms with van der Waals surface area (Å²) >= 11 is 2.47. The number of thiophene rings is 2. The molecule has 0 saturated heterocycles. The maximum Gasteiger partial charge on any atom is 0.339 e. The van der Waals surface area contributed by atoms with Crippen molar-refractivity contribution < 1.29 is 22.7 Å². The predicted molar refractivity (Wildman–Crippen MR) is 108 cm³/mol. The third-order valence-corrected chi connectivity index (χ3v) is 7.44. The topological polar surface area (TPSA) is 108 Å². The molecule has 3 heterocycles. The molecule has 0 spiro atoms. The van der Waals surface area contributed by atoms with E-state index in [9.17, 15) is 18.0 Å². The van der Waals surface area contributed by atoms with E-state index in [1.807, 2.05) is 35.9 Å². The number of carbonyl (C=O) groups is 2. The van der Waals surface area contributed by atoms with Crippen molar-refractivity contribution in [2.24, 2.45) is 5.14 Å². The Morgan fingerprint density at radius 3 is 2.57 bits per heavy atom. The smallest absolute Gasteiger partial charge is 0.339 e. The molecule has 0 aliphatic rings. The molecule has 3 aromatic heterocycles. The minimum atomic E-state index is -3.88. The second-order valence-corrected chi connectivity index (χ2v) is 9.88. The number of carbonyl (C=O) groups excluding carboxylic acids is 2. The molecule has 0 aliphatic heterocycles. The van der Waals surface area contributed by atoms with Crippen molar-refractivity contribution in [3.63, 3.8) is 0 Å². The Kier molecular flexibility index (Phi) is 5.84. The zero-order valence-corrected chi connectivity index (χ0v) is 17.6. The number of esters is 1. The normalized spacial score (nSPS) is 11.5. The summed E-state index contributed by atoms with van der Waals surface area (Å²) in [7, 11) is -3.88. The second-order valence-electron chi connectivity index (χ2n) is 6.15. The van der Waals surface area contributed by atoms with Gasteiger partial charge in [0.2, 0.25) is 15.8 Å². The van der Waals surface area contributed by atoms with Gasteiger partial charge in [-0.1, -0.05) is 6.07 Å².